The molecular formula is C29H36ClFN4O2. The lowest BCUT2D eigenvalue weighted by Crippen LogP contribution is -2.51. The number of amides is 2. The van der Waals surface area contributed by atoms with Gasteiger partial charge in [-0.05, 0) is 48.1 Å². The summed E-state index contributed by atoms with van der Waals surface area (Å²) in [5, 5.41) is 0.649. The molecule has 0 bridgehead atoms. The number of halogens is 2. The highest BCUT2D eigenvalue weighted by atomic mass is 35.5. The molecule has 198 valence electrons. The van der Waals surface area contributed by atoms with E-state index in [1.807, 2.05) is 58.9 Å². The molecule has 37 heavy (non-hydrogen) atoms. The van der Waals surface area contributed by atoms with Crippen molar-refractivity contribution >= 4 is 29.1 Å². The molecule has 0 spiro atoms. The number of piperazine rings is 1. The van der Waals surface area contributed by atoms with Crippen molar-refractivity contribution in [2.75, 3.05) is 44.2 Å². The van der Waals surface area contributed by atoms with Gasteiger partial charge in [-0.15, -0.1) is 0 Å². The van der Waals surface area contributed by atoms with Crippen LogP contribution >= 0.6 is 11.6 Å². The highest BCUT2D eigenvalue weighted by Crippen LogP contribution is 2.39. The third-order valence-electron chi connectivity index (χ3n) is 8.18. The van der Waals surface area contributed by atoms with E-state index in [4.69, 9.17) is 17.3 Å². The van der Waals surface area contributed by atoms with Gasteiger partial charge in [-0.3, -0.25) is 9.59 Å². The van der Waals surface area contributed by atoms with E-state index in [9.17, 15) is 14.0 Å². The number of benzene rings is 2. The van der Waals surface area contributed by atoms with Crippen LogP contribution in [0.4, 0.5) is 10.1 Å². The molecule has 1 saturated carbocycles. The molecule has 5 rings (SSSR count). The van der Waals surface area contributed by atoms with Gasteiger partial charge >= 0.3 is 0 Å². The molecule has 2 saturated heterocycles. The molecule has 3 fully saturated rings. The van der Waals surface area contributed by atoms with E-state index in [0.29, 0.717) is 50.0 Å². The quantitative estimate of drug-likeness (QED) is 0.604. The Balaban J connectivity index is 1.31. The number of hydrogen-bond acceptors (Lipinski definition) is 4. The molecule has 6 nitrogen and oxygen atoms in total. The minimum atomic E-state index is -0.297. The van der Waals surface area contributed by atoms with Crippen LogP contribution in [-0.4, -0.2) is 60.9 Å². The van der Waals surface area contributed by atoms with Crippen LogP contribution in [0.2, 0.25) is 5.02 Å². The summed E-state index contributed by atoms with van der Waals surface area (Å²) in [7, 11) is 0. The average molecular weight is 527 g/mol. The summed E-state index contributed by atoms with van der Waals surface area (Å²) in [5.41, 5.74) is 8.81. The maximum atomic E-state index is 15.0. The topological polar surface area (TPSA) is 69.9 Å². The van der Waals surface area contributed by atoms with Gasteiger partial charge in [0, 0.05) is 62.2 Å². The van der Waals surface area contributed by atoms with E-state index in [-0.39, 0.29) is 47.3 Å². The predicted octanol–water partition coefficient (Wildman–Crippen LogP) is 4.44. The highest BCUT2D eigenvalue weighted by molar-refractivity contribution is 6.30. The number of carbonyl (C=O) groups is 2. The fourth-order valence-corrected chi connectivity index (χ4v) is 5.87. The Morgan fingerprint density at radius 3 is 2.24 bits per heavy atom. The Labute approximate surface area is 223 Å². The number of hydrogen-bond donors (Lipinski definition) is 1. The fraction of sp³-hybridized carbons (Fsp3) is 0.517. The smallest absolute Gasteiger partial charge is 0.228 e. The van der Waals surface area contributed by atoms with Crippen molar-refractivity contribution in [1.82, 2.24) is 9.80 Å². The van der Waals surface area contributed by atoms with Crippen molar-refractivity contribution in [3.8, 4) is 0 Å². The molecule has 0 unspecified atom stereocenters. The molecule has 3 aliphatic rings. The summed E-state index contributed by atoms with van der Waals surface area (Å²) in [6, 6.07) is 12.4. The molecule has 2 heterocycles. The molecule has 0 aromatic heterocycles. The monoisotopic (exact) mass is 526 g/mol. The minimum Gasteiger partial charge on any atom is -0.365 e. The molecular weight excluding hydrogens is 491 g/mol. The van der Waals surface area contributed by atoms with E-state index in [1.165, 1.54) is 6.07 Å². The van der Waals surface area contributed by atoms with Gasteiger partial charge in [0.15, 0.2) is 0 Å². The largest absolute Gasteiger partial charge is 0.365 e. The summed E-state index contributed by atoms with van der Waals surface area (Å²) in [6.45, 7) is 7.15. The molecule has 2 aromatic carbocycles. The van der Waals surface area contributed by atoms with Crippen LogP contribution in [0.3, 0.4) is 0 Å². The van der Waals surface area contributed by atoms with Crippen molar-refractivity contribution in [3.63, 3.8) is 0 Å². The number of para-hydroxylation sites is 1. The molecule has 2 amide bonds. The van der Waals surface area contributed by atoms with Crippen molar-refractivity contribution < 1.29 is 14.0 Å². The predicted molar refractivity (Wildman–Crippen MR) is 144 cm³/mol. The van der Waals surface area contributed by atoms with Gasteiger partial charge < -0.3 is 20.4 Å². The maximum Gasteiger partial charge on any atom is 0.228 e. The summed E-state index contributed by atoms with van der Waals surface area (Å²) in [5.74, 6) is -0.0963. The molecule has 1 aliphatic carbocycles. The molecule has 0 radical (unpaired) electrons. The Morgan fingerprint density at radius 1 is 0.946 bits per heavy atom. The van der Waals surface area contributed by atoms with Crippen LogP contribution in [0, 0.1) is 23.6 Å². The second-order valence-corrected chi connectivity index (χ2v) is 11.5. The SMILES string of the molecule is CC(C)[C@H](N)c1cccc(F)c1N1CCN(C(=O)[C@@H]2CN(C(=O)C3CC3)C[C@H]2c2ccc(Cl)cc2)CC1. The lowest BCUT2D eigenvalue weighted by Gasteiger charge is -2.39. The number of nitrogens with zero attached hydrogens (tertiary/aromatic N) is 3. The first-order chi connectivity index (χ1) is 17.7. The maximum absolute atomic E-state index is 15.0. The third kappa shape index (κ3) is 5.34. The first-order valence-corrected chi connectivity index (χ1v) is 13.7. The Bertz CT molecular complexity index is 1150. The second-order valence-electron chi connectivity index (χ2n) is 11.0. The molecule has 2 aromatic rings. The van der Waals surface area contributed by atoms with E-state index in [1.54, 1.807) is 6.07 Å². The molecule has 2 aliphatic heterocycles. The van der Waals surface area contributed by atoms with Gasteiger partial charge in [0.05, 0.1) is 11.6 Å². The number of rotatable bonds is 6. The summed E-state index contributed by atoms with van der Waals surface area (Å²) < 4.78 is 15.0. The Morgan fingerprint density at radius 2 is 1.62 bits per heavy atom. The van der Waals surface area contributed by atoms with Crippen molar-refractivity contribution in [3.05, 3.63) is 64.4 Å². The standard InChI is InChI=1S/C29H36ClFN4O2/c1-18(2)26(32)22-4-3-5-25(31)27(22)33-12-14-34(15-13-33)29(37)24-17-35(28(36)20-6-7-20)16-23(24)19-8-10-21(30)11-9-19/h3-5,8-11,18,20,23-24,26H,6-7,12-17,32H2,1-2H3/t23-,24+,26-/m0/s1. The van der Waals surface area contributed by atoms with Gasteiger partial charge in [0.1, 0.15) is 5.82 Å². The van der Waals surface area contributed by atoms with E-state index < -0.39 is 0 Å². The van der Waals surface area contributed by atoms with Crippen molar-refractivity contribution in [2.45, 2.75) is 38.6 Å². The zero-order valence-corrected chi connectivity index (χ0v) is 22.3. The lowest BCUT2D eigenvalue weighted by atomic mass is 9.88. The summed E-state index contributed by atoms with van der Waals surface area (Å²) in [6.07, 6.45) is 1.89. The van der Waals surface area contributed by atoms with Crippen LogP contribution in [0.1, 0.15) is 49.8 Å². The van der Waals surface area contributed by atoms with Crippen molar-refractivity contribution in [1.29, 1.82) is 0 Å². The van der Waals surface area contributed by atoms with Gasteiger partial charge in [-0.1, -0.05) is 49.7 Å². The van der Waals surface area contributed by atoms with Crippen LogP contribution in [0.15, 0.2) is 42.5 Å². The normalized spacial score (nSPS) is 23.0. The molecule has 3 atom stereocenters. The van der Waals surface area contributed by atoms with Gasteiger partial charge in [0.25, 0.3) is 0 Å². The lowest BCUT2D eigenvalue weighted by molar-refractivity contribution is -0.136. The third-order valence-corrected chi connectivity index (χ3v) is 8.43. The Kier molecular flexibility index (Phi) is 7.46. The number of anilines is 1. The molecule has 8 heteroatoms. The van der Waals surface area contributed by atoms with Crippen molar-refractivity contribution in [2.24, 2.45) is 23.5 Å². The zero-order chi connectivity index (χ0) is 26.3. The molecule has 2 N–H and O–H groups in total. The van der Waals surface area contributed by atoms with E-state index >= 15 is 0 Å². The highest BCUT2D eigenvalue weighted by Gasteiger charge is 2.45. The number of nitrogens with two attached hydrogens (primary N) is 1. The number of likely N-dealkylation sites (tertiary alicyclic amines) is 1. The first-order valence-electron chi connectivity index (χ1n) is 13.4. The summed E-state index contributed by atoms with van der Waals surface area (Å²) >= 11 is 6.11. The fourth-order valence-electron chi connectivity index (χ4n) is 5.75. The Hall–Kier alpha value is -2.64. The van der Waals surface area contributed by atoms with Crippen LogP contribution in [-0.2, 0) is 9.59 Å². The van der Waals surface area contributed by atoms with Crippen LogP contribution in [0.25, 0.3) is 0 Å². The van der Waals surface area contributed by atoms with E-state index in [2.05, 4.69) is 0 Å². The van der Waals surface area contributed by atoms with Gasteiger partial charge in [-0.2, -0.15) is 0 Å². The number of carbonyl (C=O) groups excluding carboxylic acids is 2. The average Bonchev–Trinajstić information content (AvgIpc) is 3.66. The zero-order valence-electron chi connectivity index (χ0n) is 21.6. The summed E-state index contributed by atoms with van der Waals surface area (Å²) in [4.78, 5) is 32.5. The van der Waals surface area contributed by atoms with Gasteiger partial charge in [-0.25, -0.2) is 4.39 Å². The van der Waals surface area contributed by atoms with E-state index in [0.717, 1.165) is 24.0 Å². The van der Waals surface area contributed by atoms with Crippen LogP contribution < -0.4 is 10.6 Å². The van der Waals surface area contributed by atoms with Gasteiger partial charge in [0.2, 0.25) is 11.8 Å². The minimum absolute atomic E-state index is 0.0623. The second kappa shape index (κ2) is 10.6. The first kappa shape index (κ1) is 26.0. The van der Waals surface area contributed by atoms with Crippen LogP contribution in [0.5, 0.6) is 0 Å².